The lowest BCUT2D eigenvalue weighted by molar-refractivity contribution is -0.114. The fraction of sp³-hybridized carbons (Fsp3) is 0.100. The Morgan fingerprint density at radius 1 is 1.12 bits per heavy atom. The number of nitrogens with one attached hydrogen (secondary N) is 2. The fourth-order valence-electron chi connectivity index (χ4n) is 2.79. The van der Waals surface area contributed by atoms with Gasteiger partial charge in [-0.3, -0.25) is 10.2 Å². The number of hydrogen-bond acceptors (Lipinski definition) is 7. The zero-order valence-corrected chi connectivity index (χ0v) is 22.2. The van der Waals surface area contributed by atoms with Gasteiger partial charge in [-0.05, 0) is 48.7 Å². The lowest BCUT2D eigenvalue weighted by atomic mass is 10.3. The molecule has 174 valence electrons. The summed E-state index contributed by atoms with van der Waals surface area (Å²) in [6, 6.07) is 13.5. The highest BCUT2D eigenvalue weighted by Crippen LogP contribution is 2.39. The maximum atomic E-state index is 14.5. The predicted molar refractivity (Wildman–Crippen MR) is 136 cm³/mol. The van der Waals surface area contributed by atoms with Crippen molar-refractivity contribution in [3.05, 3.63) is 63.9 Å². The van der Waals surface area contributed by atoms with Crippen LogP contribution < -0.4 is 11.1 Å². The van der Waals surface area contributed by atoms with Gasteiger partial charge >= 0.3 is 0 Å². The molecule has 0 bridgehead atoms. The van der Waals surface area contributed by atoms with Gasteiger partial charge in [-0.15, -0.1) is 23.1 Å². The molecule has 0 fully saturated rings. The molecule has 33 heavy (non-hydrogen) atoms. The minimum absolute atomic E-state index is 0.171. The molecule has 1 atom stereocenters. The summed E-state index contributed by atoms with van der Waals surface area (Å²) in [4.78, 5) is 11.9. The minimum atomic E-state index is -4.43. The summed E-state index contributed by atoms with van der Waals surface area (Å²) in [6.45, 7) is 1.30. The van der Waals surface area contributed by atoms with Crippen molar-refractivity contribution in [2.75, 3.05) is 11.6 Å². The Balaban J connectivity index is 2.33. The third kappa shape index (κ3) is 5.66. The Kier molecular flexibility index (Phi) is 7.69. The summed E-state index contributed by atoms with van der Waals surface area (Å²) >= 11 is 5.74. The number of thiophene rings is 1. The number of thioether (sulfide) groups is 1. The van der Waals surface area contributed by atoms with Gasteiger partial charge in [-0.2, -0.15) is 8.42 Å². The van der Waals surface area contributed by atoms with E-state index in [-0.39, 0.29) is 32.1 Å². The van der Waals surface area contributed by atoms with Crippen molar-refractivity contribution in [3.8, 4) is 0 Å². The maximum Gasteiger partial charge on any atom is 0.290 e. The normalized spacial score (nSPS) is 13.2. The highest BCUT2D eigenvalue weighted by atomic mass is 79.9. The molecule has 13 heteroatoms. The fourth-order valence-corrected chi connectivity index (χ4v) is 9.93. The van der Waals surface area contributed by atoms with Crippen LogP contribution in [-0.2, 0) is 24.5 Å². The topological polar surface area (TPSA) is 143 Å². The SMILES string of the molecule is CSc1sc(C(=N)N)cc1S(=O)(=NS(=O)(=O)c1cccc(NC(C)=O)c1)c1cccc(Br)c1. The highest BCUT2D eigenvalue weighted by molar-refractivity contribution is 9.10. The van der Waals surface area contributed by atoms with E-state index in [1.165, 1.54) is 55.1 Å². The molecular weight excluding hydrogens is 568 g/mol. The van der Waals surface area contributed by atoms with Gasteiger partial charge in [0.05, 0.1) is 23.8 Å². The zero-order valence-electron chi connectivity index (χ0n) is 17.4. The highest BCUT2D eigenvalue weighted by Gasteiger charge is 2.28. The predicted octanol–water partition coefficient (Wildman–Crippen LogP) is 4.75. The largest absolute Gasteiger partial charge is 0.383 e. The quantitative estimate of drug-likeness (QED) is 0.207. The summed E-state index contributed by atoms with van der Waals surface area (Å²) in [5.41, 5.74) is 5.90. The van der Waals surface area contributed by atoms with Gasteiger partial charge in [0, 0.05) is 17.1 Å². The van der Waals surface area contributed by atoms with Crippen LogP contribution in [0, 0.1) is 5.41 Å². The lowest BCUT2D eigenvalue weighted by Gasteiger charge is -2.12. The molecule has 2 aromatic carbocycles. The third-order valence-corrected chi connectivity index (χ3v) is 11.5. The Bertz CT molecular complexity index is 1470. The molecule has 3 rings (SSSR count). The number of benzene rings is 2. The van der Waals surface area contributed by atoms with Gasteiger partial charge in [-0.1, -0.05) is 31.8 Å². The monoisotopic (exact) mass is 586 g/mol. The van der Waals surface area contributed by atoms with Crippen molar-refractivity contribution < 1.29 is 17.4 Å². The van der Waals surface area contributed by atoms with Crippen LogP contribution in [0.15, 0.2) is 81.7 Å². The molecule has 4 N–H and O–H groups in total. The van der Waals surface area contributed by atoms with Crippen LogP contribution in [0.2, 0.25) is 0 Å². The number of sulfonamides is 1. The average Bonchev–Trinajstić information content (AvgIpc) is 3.19. The summed E-state index contributed by atoms with van der Waals surface area (Å²) in [5, 5.41) is 10.3. The van der Waals surface area contributed by atoms with E-state index in [1.807, 2.05) is 0 Å². The summed E-state index contributed by atoms with van der Waals surface area (Å²) in [7, 11) is -8.14. The Morgan fingerprint density at radius 3 is 2.39 bits per heavy atom. The van der Waals surface area contributed by atoms with Crippen LogP contribution in [-0.4, -0.2) is 30.6 Å². The number of rotatable bonds is 7. The number of amidine groups is 1. The average molecular weight is 588 g/mol. The number of amides is 1. The molecule has 1 amide bonds. The Labute approximate surface area is 208 Å². The van der Waals surface area contributed by atoms with Crippen LogP contribution in [0.25, 0.3) is 0 Å². The molecule has 1 aromatic heterocycles. The van der Waals surface area contributed by atoms with E-state index >= 15 is 0 Å². The van der Waals surface area contributed by atoms with Gasteiger partial charge in [0.25, 0.3) is 10.0 Å². The van der Waals surface area contributed by atoms with Gasteiger partial charge < -0.3 is 11.1 Å². The molecule has 0 aliphatic carbocycles. The van der Waals surface area contributed by atoms with Gasteiger partial charge in [0.2, 0.25) is 5.91 Å². The van der Waals surface area contributed by atoms with Crippen molar-refractivity contribution in [2.45, 2.75) is 25.8 Å². The zero-order chi connectivity index (χ0) is 24.4. The van der Waals surface area contributed by atoms with E-state index in [4.69, 9.17) is 11.1 Å². The van der Waals surface area contributed by atoms with E-state index in [0.717, 1.165) is 11.3 Å². The number of anilines is 1. The number of nitrogens with two attached hydrogens (primary N) is 1. The number of halogens is 1. The molecule has 3 aromatic rings. The molecule has 1 heterocycles. The lowest BCUT2D eigenvalue weighted by Crippen LogP contribution is -2.10. The molecule has 0 saturated heterocycles. The van der Waals surface area contributed by atoms with Gasteiger partial charge in [0.1, 0.15) is 15.6 Å². The number of carbonyl (C=O) groups excluding carboxylic acids is 1. The first kappa shape index (κ1) is 25.4. The minimum Gasteiger partial charge on any atom is -0.383 e. The van der Waals surface area contributed by atoms with Crippen molar-refractivity contribution in [3.63, 3.8) is 0 Å². The van der Waals surface area contributed by atoms with Crippen molar-refractivity contribution in [1.29, 1.82) is 5.41 Å². The van der Waals surface area contributed by atoms with Crippen LogP contribution >= 0.6 is 39.0 Å². The standard InChI is InChI=1S/C20H19BrN4O4S4/c1-12(26)24-14-6-4-8-16(10-14)33(28,29)25-32(27,15-7-3-5-13(21)9-15)18-11-17(19(22)23)31-20(18)30-2/h3-11H,1-2H3,(H3,22,23)(H,24,26). The van der Waals surface area contributed by atoms with Crippen LogP contribution in [0.3, 0.4) is 0 Å². The first-order chi connectivity index (χ1) is 15.5. The van der Waals surface area contributed by atoms with Crippen molar-refractivity contribution in [2.24, 2.45) is 9.50 Å². The number of nitrogen functional groups attached to an aromatic ring is 1. The first-order valence-corrected chi connectivity index (χ1v) is 14.9. The third-order valence-electron chi connectivity index (χ3n) is 4.19. The molecule has 0 spiro atoms. The number of carbonyl (C=O) groups is 1. The Hall–Kier alpha value is -2.19. The summed E-state index contributed by atoms with van der Waals surface area (Å²) < 4.78 is 46.2. The van der Waals surface area contributed by atoms with E-state index in [0.29, 0.717) is 13.6 Å². The first-order valence-electron chi connectivity index (χ1n) is 9.15. The molecule has 0 radical (unpaired) electrons. The second-order valence-electron chi connectivity index (χ2n) is 6.62. The number of hydrogen-bond donors (Lipinski definition) is 3. The number of nitrogens with zero attached hydrogens (tertiary/aromatic N) is 1. The van der Waals surface area contributed by atoms with E-state index in [2.05, 4.69) is 25.0 Å². The van der Waals surface area contributed by atoms with E-state index in [1.54, 1.807) is 24.5 Å². The molecule has 0 aliphatic heterocycles. The van der Waals surface area contributed by atoms with Gasteiger partial charge in [-0.25, -0.2) is 4.21 Å². The van der Waals surface area contributed by atoms with E-state index < -0.39 is 19.8 Å². The second kappa shape index (κ2) is 9.97. The summed E-state index contributed by atoms with van der Waals surface area (Å²) in [5.74, 6) is -0.581. The van der Waals surface area contributed by atoms with Crippen molar-refractivity contribution >= 4 is 76.2 Å². The molecule has 0 aliphatic rings. The van der Waals surface area contributed by atoms with Crippen molar-refractivity contribution in [1.82, 2.24) is 0 Å². The van der Waals surface area contributed by atoms with Crippen LogP contribution in [0.4, 0.5) is 5.69 Å². The molecule has 1 unspecified atom stereocenters. The van der Waals surface area contributed by atoms with Crippen LogP contribution in [0.5, 0.6) is 0 Å². The van der Waals surface area contributed by atoms with Gasteiger partial charge in [0.15, 0.2) is 0 Å². The molecule has 8 nitrogen and oxygen atoms in total. The summed E-state index contributed by atoms with van der Waals surface area (Å²) in [6.07, 6.45) is 1.76. The Morgan fingerprint density at radius 2 is 1.79 bits per heavy atom. The smallest absolute Gasteiger partial charge is 0.290 e. The van der Waals surface area contributed by atoms with Crippen LogP contribution in [0.1, 0.15) is 11.8 Å². The van der Waals surface area contributed by atoms with E-state index in [9.17, 15) is 17.4 Å². The molecular formula is C20H19BrN4O4S4. The maximum absolute atomic E-state index is 14.5. The molecule has 0 saturated carbocycles. The second-order valence-corrected chi connectivity index (χ2v) is 13.6.